The van der Waals surface area contributed by atoms with Crippen molar-refractivity contribution in [2.24, 2.45) is 0 Å². The lowest BCUT2D eigenvalue weighted by atomic mass is 9.80. The fourth-order valence-corrected chi connectivity index (χ4v) is 3.19. The van der Waals surface area contributed by atoms with Gasteiger partial charge in [0.2, 0.25) is 0 Å². The molecular weight excluding hydrogens is 236 g/mol. The second-order valence-electron chi connectivity index (χ2n) is 6.20. The van der Waals surface area contributed by atoms with E-state index in [-0.39, 0.29) is 0 Å². The molecule has 1 fully saturated rings. The van der Waals surface area contributed by atoms with Crippen molar-refractivity contribution < 1.29 is 10.2 Å². The zero-order valence-electron chi connectivity index (χ0n) is 12.2. The summed E-state index contributed by atoms with van der Waals surface area (Å²) in [4.78, 5) is 0. The van der Waals surface area contributed by atoms with Crippen LogP contribution in [-0.4, -0.2) is 21.4 Å². The van der Waals surface area contributed by atoms with Gasteiger partial charge in [0.15, 0.2) is 0 Å². The maximum absolute atomic E-state index is 10.4. The van der Waals surface area contributed by atoms with E-state index in [0.717, 1.165) is 51.4 Å². The predicted octanol–water partition coefficient (Wildman–Crippen LogP) is 4.13. The molecule has 1 aliphatic carbocycles. The van der Waals surface area contributed by atoms with Gasteiger partial charge in [-0.3, -0.25) is 0 Å². The van der Waals surface area contributed by atoms with Crippen LogP contribution in [0.15, 0.2) is 25.3 Å². The summed E-state index contributed by atoms with van der Waals surface area (Å²) in [6.45, 7) is 7.41. The molecule has 0 radical (unpaired) electrons. The van der Waals surface area contributed by atoms with E-state index in [1.54, 1.807) is 12.2 Å². The van der Waals surface area contributed by atoms with E-state index >= 15 is 0 Å². The summed E-state index contributed by atoms with van der Waals surface area (Å²) in [6, 6.07) is 0. The second-order valence-corrected chi connectivity index (χ2v) is 6.20. The van der Waals surface area contributed by atoms with Crippen LogP contribution in [0.5, 0.6) is 0 Å². The van der Waals surface area contributed by atoms with Crippen LogP contribution in [0.25, 0.3) is 0 Å². The summed E-state index contributed by atoms with van der Waals surface area (Å²) in [5.74, 6) is 0. The first-order valence-electron chi connectivity index (χ1n) is 7.70. The van der Waals surface area contributed by atoms with E-state index < -0.39 is 11.2 Å². The molecule has 2 nitrogen and oxygen atoms in total. The normalized spacial score (nSPS) is 19.1. The molecular formula is C17H30O2. The van der Waals surface area contributed by atoms with Crippen LogP contribution in [0, 0.1) is 0 Å². The molecule has 0 aromatic heterocycles. The Balaban J connectivity index is 2.27. The monoisotopic (exact) mass is 266 g/mol. The molecule has 1 aliphatic rings. The topological polar surface area (TPSA) is 40.5 Å². The summed E-state index contributed by atoms with van der Waals surface area (Å²) in [7, 11) is 0. The van der Waals surface area contributed by atoms with Gasteiger partial charge in [-0.1, -0.05) is 44.3 Å². The van der Waals surface area contributed by atoms with Crippen molar-refractivity contribution in [2.45, 2.75) is 81.8 Å². The van der Waals surface area contributed by atoms with E-state index in [2.05, 4.69) is 13.2 Å². The van der Waals surface area contributed by atoms with E-state index in [0.29, 0.717) is 12.8 Å². The minimum atomic E-state index is -0.682. The van der Waals surface area contributed by atoms with Crippen LogP contribution in [0.4, 0.5) is 0 Å². The highest BCUT2D eigenvalue weighted by atomic mass is 16.3. The molecule has 19 heavy (non-hydrogen) atoms. The third-order valence-electron chi connectivity index (χ3n) is 4.37. The maximum Gasteiger partial charge on any atom is 0.0716 e. The molecule has 110 valence electrons. The number of rotatable bonds is 9. The van der Waals surface area contributed by atoms with Gasteiger partial charge in [0.1, 0.15) is 0 Å². The summed E-state index contributed by atoms with van der Waals surface area (Å²) < 4.78 is 0. The van der Waals surface area contributed by atoms with Gasteiger partial charge in [-0.2, -0.15) is 0 Å². The Bertz CT molecular complexity index is 267. The minimum Gasteiger partial charge on any atom is -0.390 e. The Morgan fingerprint density at radius 2 is 1.58 bits per heavy atom. The van der Waals surface area contributed by atoms with Crippen LogP contribution >= 0.6 is 0 Å². The van der Waals surface area contributed by atoms with Crippen molar-refractivity contribution in [1.82, 2.24) is 0 Å². The molecule has 0 aromatic carbocycles. The quantitative estimate of drug-likeness (QED) is 0.487. The number of hydrogen-bond acceptors (Lipinski definition) is 2. The van der Waals surface area contributed by atoms with Gasteiger partial charge in [-0.25, -0.2) is 0 Å². The molecule has 0 unspecified atom stereocenters. The van der Waals surface area contributed by atoms with Crippen molar-refractivity contribution in [2.75, 3.05) is 0 Å². The lowest BCUT2D eigenvalue weighted by molar-refractivity contribution is -0.00968. The summed E-state index contributed by atoms with van der Waals surface area (Å²) in [6.07, 6.45) is 13.9. The van der Waals surface area contributed by atoms with Gasteiger partial charge < -0.3 is 10.2 Å². The highest BCUT2D eigenvalue weighted by Crippen LogP contribution is 2.33. The third kappa shape index (κ3) is 5.92. The van der Waals surface area contributed by atoms with Crippen LogP contribution < -0.4 is 0 Å². The van der Waals surface area contributed by atoms with Crippen LogP contribution in [0.1, 0.15) is 70.6 Å². The first-order valence-corrected chi connectivity index (χ1v) is 7.70. The highest BCUT2D eigenvalue weighted by Gasteiger charge is 2.29. The van der Waals surface area contributed by atoms with Crippen molar-refractivity contribution >= 4 is 0 Å². The third-order valence-corrected chi connectivity index (χ3v) is 4.37. The second kappa shape index (κ2) is 7.86. The molecule has 0 aliphatic heterocycles. The highest BCUT2D eigenvalue weighted by molar-refractivity contribution is 4.92. The zero-order valence-corrected chi connectivity index (χ0v) is 12.2. The predicted molar refractivity (Wildman–Crippen MR) is 81.1 cm³/mol. The smallest absolute Gasteiger partial charge is 0.0716 e. The Labute approximate surface area is 118 Å². The standard InChI is InChI=1S/C17H30O2/c1-3-10-16(18,11-4-2)14-8-9-15-17(19)12-6-5-7-13-17/h3-4,18-19H,1-2,5-15H2. The molecule has 1 saturated carbocycles. The van der Waals surface area contributed by atoms with Crippen molar-refractivity contribution in [3.05, 3.63) is 25.3 Å². The molecule has 1 rings (SSSR count). The molecule has 0 bridgehead atoms. The van der Waals surface area contributed by atoms with E-state index in [1.165, 1.54) is 6.42 Å². The molecule has 0 aromatic rings. The van der Waals surface area contributed by atoms with Crippen LogP contribution in [0.3, 0.4) is 0 Å². The minimum absolute atomic E-state index is 0.423. The number of hydrogen-bond donors (Lipinski definition) is 2. The van der Waals surface area contributed by atoms with Crippen molar-refractivity contribution in [3.8, 4) is 0 Å². The SMILES string of the molecule is C=CCC(O)(CC=C)CCCCC1(O)CCCCC1. The van der Waals surface area contributed by atoms with E-state index in [1.807, 2.05) is 0 Å². The lowest BCUT2D eigenvalue weighted by Gasteiger charge is -2.32. The van der Waals surface area contributed by atoms with Gasteiger partial charge in [0, 0.05) is 0 Å². The van der Waals surface area contributed by atoms with Gasteiger partial charge >= 0.3 is 0 Å². The first-order chi connectivity index (χ1) is 9.04. The van der Waals surface area contributed by atoms with Gasteiger partial charge in [-0.05, 0) is 38.5 Å². The largest absolute Gasteiger partial charge is 0.390 e. The van der Waals surface area contributed by atoms with Gasteiger partial charge in [0.25, 0.3) is 0 Å². The van der Waals surface area contributed by atoms with E-state index in [9.17, 15) is 10.2 Å². The maximum atomic E-state index is 10.4. The van der Waals surface area contributed by atoms with Crippen molar-refractivity contribution in [3.63, 3.8) is 0 Å². The van der Waals surface area contributed by atoms with Gasteiger partial charge in [-0.15, -0.1) is 13.2 Å². The average Bonchev–Trinajstić information content (AvgIpc) is 2.36. The van der Waals surface area contributed by atoms with Crippen molar-refractivity contribution in [1.29, 1.82) is 0 Å². The fraction of sp³-hybridized carbons (Fsp3) is 0.765. The Kier molecular flexibility index (Phi) is 6.81. The Morgan fingerprint density at radius 1 is 1.00 bits per heavy atom. The zero-order chi connectivity index (χ0) is 14.2. The fourth-order valence-electron chi connectivity index (χ4n) is 3.19. The molecule has 2 N–H and O–H groups in total. The van der Waals surface area contributed by atoms with Crippen LogP contribution in [-0.2, 0) is 0 Å². The van der Waals surface area contributed by atoms with Crippen LogP contribution in [0.2, 0.25) is 0 Å². The number of aliphatic hydroxyl groups is 2. The lowest BCUT2D eigenvalue weighted by Crippen LogP contribution is -2.31. The van der Waals surface area contributed by atoms with Gasteiger partial charge in [0.05, 0.1) is 11.2 Å². The molecule has 0 amide bonds. The van der Waals surface area contributed by atoms with E-state index in [4.69, 9.17) is 0 Å². The molecule has 0 spiro atoms. The molecule has 0 atom stereocenters. The average molecular weight is 266 g/mol. The number of unbranched alkanes of at least 4 members (excludes halogenated alkanes) is 1. The molecule has 0 heterocycles. The molecule has 0 saturated heterocycles. The summed E-state index contributed by atoms with van der Waals surface area (Å²) in [5.41, 5.74) is -1.11. The summed E-state index contributed by atoms with van der Waals surface area (Å²) >= 11 is 0. The first kappa shape index (κ1) is 16.5. The Hall–Kier alpha value is -0.600. The molecule has 2 heteroatoms. The summed E-state index contributed by atoms with van der Waals surface area (Å²) in [5, 5.41) is 20.8. The Morgan fingerprint density at radius 3 is 2.11 bits per heavy atom.